The van der Waals surface area contributed by atoms with Crippen molar-refractivity contribution in [3.8, 4) is 0 Å². The van der Waals surface area contributed by atoms with Crippen LogP contribution in [0.4, 0.5) is 11.4 Å². The van der Waals surface area contributed by atoms with Crippen LogP contribution in [0.1, 0.15) is 12.5 Å². The summed E-state index contributed by atoms with van der Waals surface area (Å²) in [5.41, 5.74) is 10.1. The SMILES string of the molecule is C[C@H](N)CN1CCc2ccc(N3CCOCC3)cc21.O=C(O)/C=C/C(=O)O. The number of ether oxygens (including phenoxy) is 1. The molecule has 1 atom stereocenters. The van der Waals surface area contributed by atoms with Crippen LogP contribution >= 0.6 is 0 Å². The fourth-order valence-electron chi connectivity index (χ4n) is 3.13. The molecule has 0 aromatic heterocycles. The van der Waals surface area contributed by atoms with Crippen LogP contribution in [0.2, 0.25) is 0 Å². The first-order chi connectivity index (χ1) is 12.9. The summed E-state index contributed by atoms with van der Waals surface area (Å²) in [6.07, 6.45) is 2.26. The van der Waals surface area contributed by atoms with Crippen LogP contribution in [0.15, 0.2) is 30.4 Å². The lowest BCUT2D eigenvalue weighted by atomic mass is 10.1. The first-order valence-corrected chi connectivity index (χ1v) is 8.97. The van der Waals surface area contributed by atoms with Crippen LogP contribution in [0.5, 0.6) is 0 Å². The van der Waals surface area contributed by atoms with E-state index in [9.17, 15) is 9.59 Å². The van der Waals surface area contributed by atoms with Crippen molar-refractivity contribution < 1.29 is 24.5 Å². The molecule has 2 heterocycles. The van der Waals surface area contributed by atoms with Crippen LogP contribution in [-0.4, -0.2) is 67.6 Å². The maximum Gasteiger partial charge on any atom is 0.328 e. The molecule has 0 unspecified atom stereocenters. The summed E-state index contributed by atoms with van der Waals surface area (Å²) >= 11 is 0. The zero-order chi connectivity index (χ0) is 19.8. The van der Waals surface area contributed by atoms with E-state index >= 15 is 0 Å². The third kappa shape index (κ3) is 6.58. The molecule has 0 amide bonds. The number of nitrogens with zero attached hydrogens (tertiary/aromatic N) is 2. The summed E-state index contributed by atoms with van der Waals surface area (Å²) in [6, 6.07) is 7.08. The molecule has 8 nitrogen and oxygen atoms in total. The molecular weight excluding hydrogens is 350 g/mol. The number of carboxylic acid groups (broad SMARTS) is 2. The monoisotopic (exact) mass is 377 g/mol. The first kappa shape index (κ1) is 20.7. The Bertz CT molecular complexity index is 668. The first-order valence-electron chi connectivity index (χ1n) is 8.97. The largest absolute Gasteiger partial charge is 0.478 e. The maximum atomic E-state index is 9.55. The van der Waals surface area contributed by atoms with Crippen LogP contribution < -0.4 is 15.5 Å². The molecule has 3 rings (SSSR count). The fourth-order valence-corrected chi connectivity index (χ4v) is 3.13. The fraction of sp³-hybridized carbons (Fsp3) is 0.474. The molecular formula is C19H27N3O5. The zero-order valence-electron chi connectivity index (χ0n) is 15.5. The average molecular weight is 377 g/mol. The van der Waals surface area contributed by atoms with Crippen LogP contribution in [0.3, 0.4) is 0 Å². The van der Waals surface area contributed by atoms with Crippen molar-refractivity contribution in [2.75, 3.05) is 49.2 Å². The smallest absolute Gasteiger partial charge is 0.328 e. The van der Waals surface area contributed by atoms with E-state index in [1.165, 1.54) is 16.9 Å². The summed E-state index contributed by atoms with van der Waals surface area (Å²) in [5.74, 6) is -2.51. The van der Waals surface area contributed by atoms with Crippen molar-refractivity contribution in [2.45, 2.75) is 19.4 Å². The van der Waals surface area contributed by atoms with Gasteiger partial charge in [-0.15, -0.1) is 0 Å². The van der Waals surface area contributed by atoms with Crippen LogP contribution in [-0.2, 0) is 20.7 Å². The standard InChI is InChI=1S/C15H23N3O.C4H4O4/c1-12(16)11-18-5-4-13-2-3-14(10-15(13)18)17-6-8-19-9-7-17;5-3(6)1-2-4(7)8/h2-3,10,12H,4-9,11,16H2,1H3;1-2H,(H,5,6)(H,7,8)/b;2-1+/t12-;/m0./s1. The van der Waals surface area contributed by atoms with Gasteiger partial charge in [-0.2, -0.15) is 0 Å². The number of fused-ring (bicyclic) bond motifs is 1. The number of benzene rings is 1. The Labute approximate surface area is 158 Å². The van der Waals surface area contributed by atoms with Gasteiger partial charge in [0.1, 0.15) is 0 Å². The average Bonchev–Trinajstić information content (AvgIpc) is 3.03. The summed E-state index contributed by atoms with van der Waals surface area (Å²) in [6.45, 7) is 7.77. The summed E-state index contributed by atoms with van der Waals surface area (Å²) in [5, 5.41) is 15.6. The molecule has 1 fully saturated rings. The van der Waals surface area contributed by atoms with E-state index in [2.05, 4.69) is 34.9 Å². The molecule has 148 valence electrons. The van der Waals surface area contributed by atoms with E-state index in [0.717, 1.165) is 45.8 Å². The van der Waals surface area contributed by atoms with Crippen molar-refractivity contribution in [3.63, 3.8) is 0 Å². The van der Waals surface area contributed by atoms with Crippen molar-refractivity contribution in [2.24, 2.45) is 5.73 Å². The minimum atomic E-state index is -1.26. The lowest BCUT2D eigenvalue weighted by Gasteiger charge is -2.30. The van der Waals surface area contributed by atoms with Gasteiger partial charge in [0.25, 0.3) is 0 Å². The number of aliphatic carboxylic acids is 2. The van der Waals surface area contributed by atoms with E-state index in [-0.39, 0.29) is 6.04 Å². The normalized spacial score (nSPS) is 17.3. The molecule has 8 heteroatoms. The summed E-state index contributed by atoms with van der Waals surface area (Å²) in [4.78, 5) is 23.9. The second-order valence-corrected chi connectivity index (χ2v) is 6.60. The number of nitrogens with two attached hydrogens (primary N) is 1. The van der Waals surface area contributed by atoms with E-state index in [4.69, 9.17) is 20.7 Å². The lowest BCUT2D eigenvalue weighted by Crippen LogP contribution is -2.36. The van der Waals surface area contributed by atoms with Gasteiger partial charge in [-0.25, -0.2) is 9.59 Å². The molecule has 2 aliphatic rings. The van der Waals surface area contributed by atoms with Gasteiger partial charge in [-0.1, -0.05) is 6.07 Å². The van der Waals surface area contributed by atoms with E-state index in [1.807, 2.05) is 0 Å². The Morgan fingerprint density at radius 1 is 1.19 bits per heavy atom. The van der Waals surface area contributed by atoms with Gasteiger partial charge in [0.2, 0.25) is 0 Å². The number of rotatable bonds is 5. The van der Waals surface area contributed by atoms with Gasteiger partial charge in [-0.3, -0.25) is 0 Å². The molecule has 0 radical (unpaired) electrons. The maximum absolute atomic E-state index is 9.55. The predicted molar refractivity (Wildman–Crippen MR) is 103 cm³/mol. The highest BCUT2D eigenvalue weighted by Crippen LogP contribution is 2.32. The Kier molecular flexibility index (Phi) is 7.63. The van der Waals surface area contributed by atoms with Crippen LogP contribution in [0, 0.1) is 0 Å². The van der Waals surface area contributed by atoms with Gasteiger partial charge < -0.3 is 30.5 Å². The van der Waals surface area contributed by atoms with Gasteiger partial charge in [0, 0.05) is 55.7 Å². The Morgan fingerprint density at radius 3 is 2.37 bits per heavy atom. The second-order valence-electron chi connectivity index (χ2n) is 6.60. The van der Waals surface area contributed by atoms with Gasteiger partial charge in [0.05, 0.1) is 13.2 Å². The summed E-state index contributed by atoms with van der Waals surface area (Å²) < 4.78 is 5.42. The van der Waals surface area contributed by atoms with E-state index < -0.39 is 11.9 Å². The molecule has 1 saturated heterocycles. The lowest BCUT2D eigenvalue weighted by molar-refractivity contribution is -0.134. The third-order valence-electron chi connectivity index (χ3n) is 4.31. The Morgan fingerprint density at radius 2 is 1.81 bits per heavy atom. The minimum Gasteiger partial charge on any atom is -0.478 e. The van der Waals surface area contributed by atoms with Gasteiger partial charge in [-0.05, 0) is 31.0 Å². The molecule has 0 bridgehead atoms. The van der Waals surface area contributed by atoms with Crippen molar-refractivity contribution in [1.29, 1.82) is 0 Å². The molecule has 27 heavy (non-hydrogen) atoms. The van der Waals surface area contributed by atoms with Gasteiger partial charge >= 0.3 is 11.9 Å². The number of hydrogen-bond donors (Lipinski definition) is 3. The minimum absolute atomic E-state index is 0.220. The second kappa shape index (κ2) is 9.94. The molecule has 4 N–H and O–H groups in total. The molecule has 1 aromatic rings. The predicted octanol–water partition coefficient (Wildman–Crippen LogP) is 0.945. The molecule has 0 spiro atoms. The third-order valence-corrected chi connectivity index (χ3v) is 4.31. The highest BCUT2D eigenvalue weighted by Gasteiger charge is 2.21. The van der Waals surface area contributed by atoms with Crippen molar-refractivity contribution >= 4 is 23.3 Å². The quantitative estimate of drug-likeness (QED) is 0.650. The number of carboxylic acids is 2. The number of anilines is 2. The molecule has 2 aliphatic heterocycles. The van der Waals surface area contributed by atoms with E-state index in [1.54, 1.807) is 0 Å². The Balaban J connectivity index is 0.000000279. The highest BCUT2D eigenvalue weighted by molar-refractivity contribution is 5.89. The van der Waals surface area contributed by atoms with Crippen molar-refractivity contribution in [1.82, 2.24) is 0 Å². The Hall–Kier alpha value is -2.58. The highest BCUT2D eigenvalue weighted by atomic mass is 16.5. The van der Waals surface area contributed by atoms with Crippen molar-refractivity contribution in [3.05, 3.63) is 35.9 Å². The summed E-state index contributed by atoms with van der Waals surface area (Å²) in [7, 11) is 0. The molecule has 1 aromatic carbocycles. The van der Waals surface area contributed by atoms with E-state index in [0.29, 0.717) is 12.2 Å². The zero-order valence-corrected chi connectivity index (χ0v) is 15.5. The molecule has 0 aliphatic carbocycles. The number of hydrogen-bond acceptors (Lipinski definition) is 6. The number of carbonyl (C=O) groups is 2. The molecule has 0 saturated carbocycles. The number of morpholine rings is 1. The van der Waals surface area contributed by atoms with Gasteiger partial charge in [0.15, 0.2) is 0 Å². The topological polar surface area (TPSA) is 116 Å². The van der Waals surface area contributed by atoms with Crippen LogP contribution in [0.25, 0.3) is 0 Å².